The highest BCUT2D eigenvalue weighted by Crippen LogP contribution is 2.38. The van der Waals surface area contributed by atoms with E-state index in [0.29, 0.717) is 0 Å². The number of para-hydroxylation sites is 2. The van der Waals surface area contributed by atoms with Crippen LogP contribution in [0.25, 0.3) is 21.8 Å². The maximum Gasteiger partial charge on any atom is 0.0486 e. The van der Waals surface area contributed by atoms with E-state index in [0.717, 1.165) is 13.0 Å². The van der Waals surface area contributed by atoms with E-state index in [9.17, 15) is 0 Å². The maximum atomic E-state index is 4.05. The maximum absolute atomic E-state index is 4.05. The molecule has 3 aromatic carbocycles. The average Bonchev–Trinajstić information content (AvgIpc) is 3.35. The molecule has 1 atom stereocenters. The van der Waals surface area contributed by atoms with E-state index in [2.05, 4.69) is 107 Å². The number of nitrogens with one attached hydrogen (secondary N) is 1. The lowest BCUT2D eigenvalue weighted by molar-refractivity contribution is 0.801. The normalized spacial score (nSPS) is 12.4. The zero-order valence-corrected chi connectivity index (χ0v) is 16.4. The van der Waals surface area contributed by atoms with Gasteiger partial charge >= 0.3 is 0 Å². The Balaban J connectivity index is 1.67. The molecule has 0 aliphatic carbocycles. The number of rotatable bonds is 6. The SMILES string of the molecule is C=CCC(c1c[nH]c2ccccc12)c1cn(Cc2ccccc2)c2ccccc12. The Bertz CT molecular complexity index is 1270. The van der Waals surface area contributed by atoms with Gasteiger partial charge in [-0.05, 0) is 35.2 Å². The van der Waals surface area contributed by atoms with E-state index >= 15 is 0 Å². The van der Waals surface area contributed by atoms with Crippen LogP contribution in [-0.2, 0) is 6.54 Å². The molecule has 142 valence electrons. The van der Waals surface area contributed by atoms with Crippen LogP contribution >= 0.6 is 0 Å². The van der Waals surface area contributed by atoms with Crippen molar-refractivity contribution < 1.29 is 0 Å². The molecule has 2 nitrogen and oxygen atoms in total. The highest BCUT2D eigenvalue weighted by molar-refractivity contribution is 5.88. The molecule has 2 aromatic heterocycles. The van der Waals surface area contributed by atoms with Crippen molar-refractivity contribution in [3.8, 4) is 0 Å². The van der Waals surface area contributed by atoms with Gasteiger partial charge in [0, 0.05) is 46.7 Å². The Hall–Kier alpha value is -3.52. The van der Waals surface area contributed by atoms with Crippen molar-refractivity contribution in [3.05, 3.63) is 121 Å². The first-order valence-corrected chi connectivity index (χ1v) is 10.1. The lowest BCUT2D eigenvalue weighted by Crippen LogP contribution is -2.00. The van der Waals surface area contributed by atoms with E-state index in [1.165, 1.54) is 38.5 Å². The number of fused-ring (bicyclic) bond motifs is 2. The highest BCUT2D eigenvalue weighted by atomic mass is 15.0. The van der Waals surface area contributed by atoms with Gasteiger partial charge in [-0.2, -0.15) is 0 Å². The van der Waals surface area contributed by atoms with Crippen LogP contribution in [0.2, 0.25) is 0 Å². The lowest BCUT2D eigenvalue weighted by atomic mass is 9.88. The number of H-pyrrole nitrogens is 1. The van der Waals surface area contributed by atoms with Gasteiger partial charge in [0.1, 0.15) is 0 Å². The number of nitrogens with zero attached hydrogens (tertiary/aromatic N) is 1. The van der Waals surface area contributed by atoms with Gasteiger partial charge in [0.15, 0.2) is 0 Å². The molecule has 2 heteroatoms. The van der Waals surface area contributed by atoms with Gasteiger partial charge in [0.25, 0.3) is 0 Å². The Morgan fingerprint density at radius 3 is 2.38 bits per heavy atom. The van der Waals surface area contributed by atoms with Gasteiger partial charge in [-0.1, -0.05) is 72.8 Å². The minimum atomic E-state index is 0.269. The topological polar surface area (TPSA) is 20.7 Å². The van der Waals surface area contributed by atoms with Crippen LogP contribution < -0.4 is 0 Å². The molecule has 1 unspecified atom stereocenters. The quantitative estimate of drug-likeness (QED) is 0.312. The van der Waals surface area contributed by atoms with Crippen molar-refractivity contribution in [1.29, 1.82) is 0 Å². The molecule has 5 aromatic rings. The molecule has 0 bridgehead atoms. The number of benzene rings is 3. The summed E-state index contributed by atoms with van der Waals surface area (Å²) in [5.74, 6) is 0.269. The molecule has 5 rings (SSSR count). The van der Waals surface area contributed by atoms with Crippen molar-refractivity contribution in [3.63, 3.8) is 0 Å². The molecule has 0 radical (unpaired) electrons. The summed E-state index contributed by atoms with van der Waals surface area (Å²) < 4.78 is 2.38. The monoisotopic (exact) mass is 376 g/mol. The van der Waals surface area contributed by atoms with Crippen LogP contribution in [0.3, 0.4) is 0 Å². The molecule has 0 fully saturated rings. The van der Waals surface area contributed by atoms with Crippen LogP contribution in [0.4, 0.5) is 0 Å². The van der Waals surface area contributed by atoms with Crippen molar-refractivity contribution in [2.45, 2.75) is 18.9 Å². The van der Waals surface area contributed by atoms with Crippen LogP contribution in [0.5, 0.6) is 0 Å². The van der Waals surface area contributed by atoms with Crippen molar-refractivity contribution >= 4 is 21.8 Å². The summed E-state index contributed by atoms with van der Waals surface area (Å²) in [5.41, 5.74) is 6.47. The number of hydrogen-bond donors (Lipinski definition) is 1. The summed E-state index contributed by atoms with van der Waals surface area (Å²) in [5, 5.41) is 2.61. The second-order valence-corrected chi connectivity index (χ2v) is 7.58. The Kier molecular flexibility index (Phi) is 4.53. The standard InChI is InChI=1S/C27H24N2/c1-2-10-21(24-17-28-26-15-8-6-13-22(24)26)25-19-29(18-20-11-4-3-5-12-20)27-16-9-7-14-23(25)27/h2-9,11-17,19,21,28H,1,10,18H2. The second kappa shape index (κ2) is 7.48. The molecule has 0 amide bonds. The summed E-state index contributed by atoms with van der Waals surface area (Å²) in [7, 11) is 0. The molecule has 1 N–H and O–H groups in total. The first kappa shape index (κ1) is 17.6. The smallest absolute Gasteiger partial charge is 0.0486 e. The summed E-state index contributed by atoms with van der Waals surface area (Å²) in [6.45, 7) is 4.92. The lowest BCUT2D eigenvalue weighted by Gasteiger charge is -2.14. The minimum Gasteiger partial charge on any atom is -0.361 e. The number of allylic oxidation sites excluding steroid dienone is 1. The third-order valence-corrected chi connectivity index (χ3v) is 5.79. The summed E-state index contributed by atoms with van der Waals surface area (Å²) in [6, 6.07) is 27.9. The first-order valence-electron chi connectivity index (χ1n) is 10.1. The highest BCUT2D eigenvalue weighted by Gasteiger charge is 2.21. The minimum absolute atomic E-state index is 0.269. The third-order valence-electron chi connectivity index (χ3n) is 5.79. The summed E-state index contributed by atoms with van der Waals surface area (Å²) >= 11 is 0. The predicted molar refractivity (Wildman–Crippen MR) is 122 cm³/mol. The van der Waals surface area contributed by atoms with Gasteiger partial charge in [0.2, 0.25) is 0 Å². The van der Waals surface area contributed by atoms with Crippen molar-refractivity contribution in [2.24, 2.45) is 0 Å². The zero-order chi connectivity index (χ0) is 19.6. The van der Waals surface area contributed by atoms with Crippen LogP contribution in [0, 0.1) is 0 Å². The van der Waals surface area contributed by atoms with E-state index in [4.69, 9.17) is 0 Å². The molecule has 2 heterocycles. The van der Waals surface area contributed by atoms with E-state index in [1.807, 2.05) is 6.08 Å². The van der Waals surface area contributed by atoms with Gasteiger partial charge in [0.05, 0.1) is 0 Å². The summed E-state index contributed by atoms with van der Waals surface area (Å²) in [6.07, 6.45) is 7.45. The van der Waals surface area contributed by atoms with Crippen molar-refractivity contribution in [1.82, 2.24) is 9.55 Å². The number of aromatic nitrogens is 2. The fourth-order valence-corrected chi connectivity index (χ4v) is 4.43. The van der Waals surface area contributed by atoms with Gasteiger partial charge in [-0.15, -0.1) is 6.58 Å². The Labute approximate surface area is 171 Å². The Morgan fingerprint density at radius 2 is 1.55 bits per heavy atom. The number of aromatic amines is 1. The largest absolute Gasteiger partial charge is 0.361 e. The molecule has 0 saturated carbocycles. The second-order valence-electron chi connectivity index (χ2n) is 7.58. The van der Waals surface area contributed by atoms with Gasteiger partial charge in [-0.25, -0.2) is 0 Å². The molecule has 0 saturated heterocycles. The summed E-state index contributed by atoms with van der Waals surface area (Å²) in [4.78, 5) is 3.45. The fraction of sp³-hybridized carbons (Fsp3) is 0.111. The first-order chi connectivity index (χ1) is 14.3. The van der Waals surface area contributed by atoms with E-state index in [-0.39, 0.29) is 5.92 Å². The molecule has 0 aliphatic heterocycles. The van der Waals surface area contributed by atoms with Crippen LogP contribution in [-0.4, -0.2) is 9.55 Å². The fourth-order valence-electron chi connectivity index (χ4n) is 4.43. The van der Waals surface area contributed by atoms with E-state index in [1.54, 1.807) is 0 Å². The predicted octanol–water partition coefficient (Wildman–Crippen LogP) is 6.88. The van der Waals surface area contributed by atoms with Crippen LogP contribution in [0.1, 0.15) is 29.0 Å². The molecular formula is C27H24N2. The molecule has 29 heavy (non-hydrogen) atoms. The number of hydrogen-bond acceptors (Lipinski definition) is 0. The molecular weight excluding hydrogens is 352 g/mol. The average molecular weight is 377 g/mol. The van der Waals surface area contributed by atoms with Gasteiger partial charge in [-0.3, -0.25) is 0 Å². The van der Waals surface area contributed by atoms with Crippen LogP contribution in [0.15, 0.2) is 104 Å². The third kappa shape index (κ3) is 3.17. The molecule has 0 aliphatic rings. The van der Waals surface area contributed by atoms with E-state index < -0.39 is 0 Å². The Morgan fingerprint density at radius 1 is 0.828 bits per heavy atom. The molecule has 0 spiro atoms. The zero-order valence-electron chi connectivity index (χ0n) is 16.4. The van der Waals surface area contributed by atoms with Crippen molar-refractivity contribution in [2.75, 3.05) is 0 Å². The van der Waals surface area contributed by atoms with Gasteiger partial charge < -0.3 is 9.55 Å².